The van der Waals surface area contributed by atoms with Crippen LogP contribution in [0.15, 0.2) is 15.0 Å². The van der Waals surface area contributed by atoms with E-state index in [4.69, 9.17) is 5.73 Å². The average Bonchev–Trinajstić information content (AvgIpc) is 2.80. The maximum Gasteiger partial charge on any atom is 0.330 e. The number of aromatic nitrogens is 3. The predicted octanol–water partition coefficient (Wildman–Crippen LogP) is 1.15. The van der Waals surface area contributed by atoms with Crippen LogP contribution in [0.3, 0.4) is 0 Å². The van der Waals surface area contributed by atoms with Gasteiger partial charge in [-0.05, 0) is 12.8 Å². The highest BCUT2D eigenvalue weighted by atomic mass is 32.1. The summed E-state index contributed by atoms with van der Waals surface area (Å²) in [6.45, 7) is 6.70. The zero-order valence-electron chi connectivity index (χ0n) is 12.3. The van der Waals surface area contributed by atoms with Gasteiger partial charge in [0, 0.05) is 11.9 Å². The second-order valence-corrected chi connectivity index (χ2v) is 6.30. The number of H-pyrrole nitrogens is 1. The van der Waals surface area contributed by atoms with Crippen LogP contribution in [0.25, 0.3) is 0 Å². The summed E-state index contributed by atoms with van der Waals surface area (Å²) in [7, 11) is 0. The minimum atomic E-state index is -0.510. The number of aryl methyl sites for hydroxylation is 1. The monoisotopic (exact) mass is 309 g/mol. The molecule has 0 aromatic carbocycles. The molecule has 0 aliphatic rings. The molecule has 2 aromatic heterocycles. The number of hydrogen-bond acceptors (Lipinski definition) is 6. The molecule has 0 spiro atoms. The van der Waals surface area contributed by atoms with Crippen LogP contribution >= 0.6 is 11.3 Å². The summed E-state index contributed by atoms with van der Waals surface area (Å²) in [5.74, 6) is 0.398. The van der Waals surface area contributed by atoms with Gasteiger partial charge >= 0.3 is 5.69 Å². The summed E-state index contributed by atoms with van der Waals surface area (Å²) in [5.41, 5.74) is 6.01. The van der Waals surface area contributed by atoms with E-state index in [-0.39, 0.29) is 17.4 Å². The number of nitrogen functional groups attached to an aromatic ring is 1. The molecular weight excluding hydrogens is 290 g/mol. The van der Waals surface area contributed by atoms with Crippen molar-refractivity contribution in [3.63, 3.8) is 0 Å². The summed E-state index contributed by atoms with van der Waals surface area (Å²) in [6.07, 6.45) is 0. The van der Waals surface area contributed by atoms with Crippen LogP contribution in [0.5, 0.6) is 0 Å². The lowest BCUT2D eigenvalue weighted by Gasteiger charge is -2.14. The van der Waals surface area contributed by atoms with Gasteiger partial charge in [-0.1, -0.05) is 13.8 Å². The number of nitrogens with two attached hydrogens (primary N) is 1. The molecule has 0 bridgehead atoms. The van der Waals surface area contributed by atoms with Crippen molar-refractivity contribution in [1.82, 2.24) is 14.5 Å². The molecule has 2 rings (SSSR count). The Labute approximate surface area is 125 Å². The number of anilines is 2. The first kappa shape index (κ1) is 15.3. The Bertz CT molecular complexity index is 744. The lowest BCUT2D eigenvalue weighted by Crippen LogP contribution is -2.35. The summed E-state index contributed by atoms with van der Waals surface area (Å²) < 4.78 is 1.38. The third-order valence-electron chi connectivity index (χ3n) is 2.90. The third kappa shape index (κ3) is 3.52. The molecule has 0 saturated heterocycles. The SMILES string of the molecule is Cc1nc(CNc2c(N)n(CC(C)C)c(=O)[nH]c2=O)cs1. The largest absolute Gasteiger partial charge is 0.383 e. The second-order valence-electron chi connectivity index (χ2n) is 5.24. The molecule has 0 fully saturated rings. The van der Waals surface area contributed by atoms with E-state index in [2.05, 4.69) is 15.3 Å². The van der Waals surface area contributed by atoms with E-state index in [1.165, 1.54) is 15.9 Å². The van der Waals surface area contributed by atoms with E-state index >= 15 is 0 Å². The standard InChI is InChI=1S/C13H19N5O2S/c1-7(2)5-18-11(14)10(12(19)17-13(18)20)15-4-9-6-21-8(3)16-9/h6-7,15H,4-5,14H2,1-3H3,(H,17,19,20). The topological polar surface area (TPSA) is 106 Å². The molecule has 0 unspecified atom stereocenters. The molecule has 0 amide bonds. The first-order valence-electron chi connectivity index (χ1n) is 6.66. The van der Waals surface area contributed by atoms with Gasteiger partial charge in [0.25, 0.3) is 5.56 Å². The lowest BCUT2D eigenvalue weighted by molar-refractivity contribution is 0.508. The van der Waals surface area contributed by atoms with Crippen molar-refractivity contribution in [3.8, 4) is 0 Å². The highest BCUT2D eigenvalue weighted by Gasteiger charge is 2.13. The fraction of sp³-hybridized carbons (Fsp3) is 0.462. The number of hydrogen-bond donors (Lipinski definition) is 3. The van der Waals surface area contributed by atoms with Crippen LogP contribution in [0, 0.1) is 12.8 Å². The number of nitrogens with zero attached hydrogens (tertiary/aromatic N) is 2. The van der Waals surface area contributed by atoms with E-state index in [9.17, 15) is 9.59 Å². The number of thiazole rings is 1. The normalized spacial score (nSPS) is 11.0. The summed E-state index contributed by atoms with van der Waals surface area (Å²) >= 11 is 1.54. The van der Waals surface area contributed by atoms with Crippen LogP contribution < -0.4 is 22.3 Å². The van der Waals surface area contributed by atoms with Gasteiger partial charge in [0.2, 0.25) is 0 Å². The number of aromatic amines is 1. The van der Waals surface area contributed by atoms with Crippen molar-refractivity contribution in [2.24, 2.45) is 5.92 Å². The predicted molar refractivity (Wildman–Crippen MR) is 84.8 cm³/mol. The summed E-state index contributed by atoms with van der Waals surface area (Å²) in [4.78, 5) is 30.3. The highest BCUT2D eigenvalue weighted by Crippen LogP contribution is 2.14. The molecule has 4 N–H and O–H groups in total. The molecule has 0 aliphatic carbocycles. The van der Waals surface area contributed by atoms with E-state index < -0.39 is 11.2 Å². The van der Waals surface area contributed by atoms with Gasteiger partial charge in [-0.3, -0.25) is 14.3 Å². The van der Waals surface area contributed by atoms with Gasteiger partial charge in [-0.25, -0.2) is 9.78 Å². The van der Waals surface area contributed by atoms with E-state index in [0.29, 0.717) is 13.1 Å². The second kappa shape index (κ2) is 6.13. The van der Waals surface area contributed by atoms with Crippen LogP contribution in [0.2, 0.25) is 0 Å². The van der Waals surface area contributed by atoms with Gasteiger partial charge in [0.05, 0.1) is 17.2 Å². The van der Waals surface area contributed by atoms with E-state index in [1.807, 2.05) is 26.2 Å². The zero-order chi connectivity index (χ0) is 15.6. The molecule has 0 atom stereocenters. The average molecular weight is 309 g/mol. The Hall–Kier alpha value is -2.09. The van der Waals surface area contributed by atoms with Gasteiger partial charge in [0.15, 0.2) is 0 Å². The molecule has 7 nitrogen and oxygen atoms in total. The fourth-order valence-corrected chi connectivity index (χ4v) is 2.59. The van der Waals surface area contributed by atoms with Crippen LogP contribution in [-0.2, 0) is 13.1 Å². The van der Waals surface area contributed by atoms with Crippen LogP contribution in [0.4, 0.5) is 11.5 Å². The Balaban J connectivity index is 2.30. The van der Waals surface area contributed by atoms with Crippen LogP contribution in [0.1, 0.15) is 24.5 Å². The first-order chi connectivity index (χ1) is 9.88. The quantitative estimate of drug-likeness (QED) is 0.768. The van der Waals surface area contributed by atoms with Crippen molar-refractivity contribution < 1.29 is 0 Å². The highest BCUT2D eigenvalue weighted by molar-refractivity contribution is 7.09. The molecule has 0 aliphatic heterocycles. The molecule has 0 radical (unpaired) electrons. The Morgan fingerprint density at radius 1 is 1.48 bits per heavy atom. The Morgan fingerprint density at radius 3 is 2.76 bits per heavy atom. The summed E-state index contributed by atoms with van der Waals surface area (Å²) in [5, 5.41) is 5.84. The summed E-state index contributed by atoms with van der Waals surface area (Å²) in [6, 6.07) is 0. The minimum absolute atomic E-state index is 0.157. The fourth-order valence-electron chi connectivity index (χ4n) is 1.97. The van der Waals surface area contributed by atoms with Gasteiger partial charge in [0.1, 0.15) is 11.5 Å². The van der Waals surface area contributed by atoms with Crippen molar-refractivity contribution >= 4 is 22.8 Å². The molecule has 0 saturated carbocycles. The van der Waals surface area contributed by atoms with Crippen LogP contribution in [-0.4, -0.2) is 14.5 Å². The maximum absolute atomic E-state index is 11.9. The first-order valence-corrected chi connectivity index (χ1v) is 7.54. The molecule has 114 valence electrons. The van der Waals surface area contributed by atoms with Gasteiger partial charge in [-0.15, -0.1) is 11.3 Å². The molecule has 21 heavy (non-hydrogen) atoms. The third-order valence-corrected chi connectivity index (χ3v) is 3.72. The van der Waals surface area contributed by atoms with E-state index in [0.717, 1.165) is 10.7 Å². The molecule has 2 aromatic rings. The van der Waals surface area contributed by atoms with Gasteiger partial charge < -0.3 is 11.1 Å². The smallest absolute Gasteiger partial charge is 0.330 e. The molecular formula is C13H19N5O2S. The zero-order valence-corrected chi connectivity index (χ0v) is 13.1. The number of nitrogens with one attached hydrogen (secondary N) is 2. The Morgan fingerprint density at radius 2 is 2.19 bits per heavy atom. The lowest BCUT2D eigenvalue weighted by atomic mass is 10.2. The number of rotatable bonds is 5. The van der Waals surface area contributed by atoms with Gasteiger partial charge in [-0.2, -0.15) is 0 Å². The Kier molecular flexibility index (Phi) is 4.46. The van der Waals surface area contributed by atoms with Crippen molar-refractivity contribution in [3.05, 3.63) is 36.9 Å². The van der Waals surface area contributed by atoms with E-state index in [1.54, 1.807) is 0 Å². The minimum Gasteiger partial charge on any atom is -0.383 e. The molecule has 2 heterocycles. The van der Waals surface area contributed by atoms with Crippen molar-refractivity contribution in [1.29, 1.82) is 0 Å². The molecule has 8 heteroatoms. The van der Waals surface area contributed by atoms with Crippen molar-refractivity contribution in [2.45, 2.75) is 33.9 Å². The maximum atomic E-state index is 11.9. The van der Waals surface area contributed by atoms with Crippen molar-refractivity contribution in [2.75, 3.05) is 11.1 Å².